The van der Waals surface area contributed by atoms with Crippen molar-refractivity contribution in [3.8, 4) is 11.5 Å². The van der Waals surface area contributed by atoms with Crippen LogP contribution in [-0.2, 0) is 0 Å². The number of carbonyl (C=O) groups is 1. The fraction of sp³-hybridized carbons (Fsp3) is 0.316. The third kappa shape index (κ3) is 4.73. The zero-order valence-electron chi connectivity index (χ0n) is 13.7. The van der Waals surface area contributed by atoms with Gasteiger partial charge in [-0.25, -0.2) is 0 Å². The lowest BCUT2D eigenvalue weighted by Crippen LogP contribution is -2.51. The SMILES string of the molecule is CC1NCCCC1NC(=O)c1cccc(Oc2ccccc2)c1.Cl. The zero-order valence-corrected chi connectivity index (χ0v) is 14.5. The molecule has 1 aliphatic heterocycles. The third-order valence-electron chi connectivity index (χ3n) is 4.15. The molecule has 2 aromatic carbocycles. The van der Waals surface area contributed by atoms with Crippen molar-refractivity contribution in [3.63, 3.8) is 0 Å². The second-order valence-electron chi connectivity index (χ2n) is 5.91. The molecule has 1 saturated heterocycles. The van der Waals surface area contributed by atoms with Gasteiger partial charge in [-0.1, -0.05) is 24.3 Å². The highest BCUT2D eigenvalue weighted by molar-refractivity contribution is 5.94. The summed E-state index contributed by atoms with van der Waals surface area (Å²) in [5.41, 5.74) is 0.621. The smallest absolute Gasteiger partial charge is 0.251 e. The van der Waals surface area contributed by atoms with Crippen molar-refractivity contribution in [1.29, 1.82) is 0 Å². The molecule has 2 N–H and O–H groups in total. The third-order valence-corrected chi connectivity index (χ3v) is 4.15. The maximum Gasteiger partial charge on any atom is 0.251 e. The van der Waals surface area contributed by atoms with E-state index in [2.05, 4.69) is 17.6 Å². The summed E-state index contributed by atoms with van der Waals surface area (Å²) < 4.78 is 5.79. The van der Waals surface area contributed by atoms with Crippen LogP contribution in [0.15, 0.2) is 54.6 Å². The Morgan fingerprint density at radius 2 is 1.88 bits per heavy atom. The number of benzene rings is 2. The van der Waals surface area contributed by atoms with E-state index < -0.39 is 0 Å². The van der Waals surface area contributed by atoms with Crippen molar-refractivity contribution in [2.45, 2.75) is 31.8 Å². The van der Waals surface area contributed by atoms with Crippen molar-refractivity contribution in [3.05, 3.63) is 60.2 Å². The van der Waals surface area contributed by atoms with Crippen molar-refractivity contribution in [2.24, 2.45) is 0 Å². The Morgan fingerprint density at radius 1 is 1.12 bits per heavy atom. The van der Waals surface area contributed by atoms with Crippen molar-refractivity contribution in [2.75, 3.05) is 6.54 Å². The summed E-state index contributed by atoms with van der Waals surface area (Å²) >= 11 is 0. The highest BCUT2D eigenvalue weighted by Crippen LogP contribution is 2.22. The van der Waals surface area contributed by atoms with E-state index in [1.54, 1.807) is 6.07 Å². The molecule has 1 fully saturated rings. The van der Waals surface area contributed by atoms with Crippen LogP contribution in [0, 0.1) is 0 Å². The van der Waals surface area contributed by atoms with Gasteiger partial charge < -0.3 is 15.4 Å². The summed E-state index contributed by atoms with van der Waals surface area (Å²) in [5.74, 6) is 1.37. The standard InChI is InChI=1S/C19H22N2O2.ClH/c1-14-18(11-6-12-20-14)21-19(22)15-7-5-10-17(13-15)23-16-8-3-2-4-9-16;/h2-5,7-10,13-14,18,20H,6,11-12H2,1H3,(H,21,22);1H. The summed E-state index contributed by atoms with van der Waals surface area (Å²) in [6, 6.07) is 17.3. The van der Waals surface area contributed by atoms with Crippen molar-refractivity contribution < 1.29 is 9.53 Å². The average molecular weight is 347 g/mol. The monoisotopic (exact) mass is 346 g/mol. The molecule has 1 aliphatic rings. The van der Waals surface area contributed by atoms with Crippen LogP contribution in [0.1, 0.15) is 30.1 Å². The topological polar surface area (TPSA) is 50.4 Å². The molecule has 0 saturated carbocycles. The Bertz CT molecular complexity index is 663. The molecule has 128 valence electrons. The molecular weight excluding hydrogens is 324 g/mol. The van der Waals surface area contributed by atoms with Crippen molar-refractivity contribution >= 4 is 18.3 Å². The van der Waals surface area contributed by atoms with Gasteiger partial charge in [-0.15, -0.1) is 12.4 Å². The summed E-state index contributed by atoms with van der Waals surface area (Å²) in [6.07, 6.45) is 2.10. The minimum absolute atomic E-state index is 0. The van der Waals surface area contributed by atoms with Gasteiger partial charge in [0.25, 0.3) is 5.91 Å². The summed E-state index contributed by atoms with van der Waals surface area (Å²) in [6.45, 7) is 3.13. The molecule has 1 amide bonds. The van der Waals surface area contributed by atoms with Crippen LogP contribution in [0.25, 0.3) is 0 Å². The predicted molar refractivity (Wildman–Crippen MR) is 98.2 cm³/mol. The van der Waals surface area contributed by atoms with Gasteiger partial charge in [0.05, 0.1) is 0 Å². The molecule has 4 nitrogen and oxygen atoms in total. The number of carbonyl (C=O) groups excluding carboxylic acids is 1. The van der Waals surface area contributed by atoms with E-state index in [1.165, 1.54) is 0 Å². The number of amides is 1. The Balaban J connectivity index is 0.00000208. The number of ether oxygens (including phenoxy) is 1. The van der Waals surface area contributed by atoms with Gasteiger partial charge in [0, 0.05) is 17.6 Å². The lowest BCUT2D eigenvalue weighted by atomic mass is 9.99. The van der Waals surface area contributed by atoms with Gasteiger partial charge in [-0.05, 0) is 56.6 Å². The van der Waals surface area contributed by atoms with Crippen LogP contribution >= 0.6 is 12.4 Å². The van der Waals surface area contributed by atoms with Gasteiger partial charge in [0.2, 0.25) is 0 Å². The molecule has 0 aromatic heterocycles. The number of hydrogen-bond donors (Lipinski definition) is 2. The van der Waals surface area contributed by atoms with E-state index in [0.717, 1.165) is 25.1 Å². The molecule has 1 heterocycles. The van der Waals surface area contributed by atoms with E-state index in [9.17, 15) is 4.79 Å². The first-order chi connectivity index (χ1) is 11.2. The molecule has 0 radical (unpaired) electrons. The van der Waals surface area contributed by atoms with Crippen LogP contribution in [-0.4, -0.2) is 24.5 Å². The largest absolute Gasteiger partial charge is 0.457 e. The first-order valence-corrected chi connectivity index (χ1v) is 8.09. The average Bonchev–Trinajstić information content (AvgIpc) is 2.58. The van der Waals surface area contributed by atoms with E-state index in [-0.39, 0.29) is 24.4 Å². The van der Waals surface area contributed by atoms with Crippen LogP contribution in [0.3, 0.4) is 0 Å². The fourth-order valence-corrected chi connectivity index (χ4v) is 2.82. The van der Waals surface area contributed by atoms with Crippen LogP contribution in [0.5, 0.6) is 11.5 Å². The van der Waals surface area contributed by atoms with E-state index in [4.69, 9.17) is 4.74 Å². The number of nitrogens with one attached hydrogen (secondary N) is 2. The maximum absolute atomic E-state index is 12.5. The number of hydrogen-bond acceptors (Lipinski definition) is 3. The van der Waals surface area contributed by atoms with Gasteiger partial charge in [0.1, 0.15) is 11.5 Å². The Morgan fingerprint density at radius 3 is 2.62 bits per heavy atom. The molecule has 2 unspecified atom stereocenters. The van der Waals surface area contributed by atoms with E-state index >= 15 is 0 Å². The second kappa shape index (κ2) is 8.71. The first kappa shape index (κ1) is 18.3. The van der Waals surface area contributed by atoms with Crippen LogP contribution in [0.2, 0.25) is 0 Å². The Hall–Kier alpha value is -2.04. The molecule has 0 bridgehead atoms. The lowest BCUT2D eigenvalue weighted by Gasteiger charge is -2.30. The van der Waals surface area contributed by atoms with Crippen LogP contribution < -0.4 is 15.4 Å². The Kier molecular flexibility index (Phi) is 6.64. The number of rotatable bonds is 4. The Labute approximate surface area is 149 Å². The molecule has 2 atom stereocenters. The molecular formula is C19H23ClN2O2. The number of piperidine rings is 1. The van der Waals surface area contributed by atoms with Gasteiger partial charge in [0.15, 0.2) is 0 Å². The van der Waals surface area contributed by atoms with Gasteiger partial charge in [-0.2, -0.15) is 0 Å². The predicted octanol–water partition coefficient (Wildman–Crippen LogP) is 3.77. The normalized spacial score (nSPS) is 19.9. The zero-order chi connectivity index (χ0) is 16.1. The van der Waals surface area contributed by atoms with Crippen molar-refractivity contribution in [1.82, 2.24) is 10.6 Å². The molecule has 0 spiro atoms. The molecule has 2 aromatic rings. The summed E-state index contributed by atoms with van der Waals surface area (Å²) in [5, 5.41) is 6.51. The molecule has 0 aliphatic carbocycles. The molecule has 3 rings (SSSR count). The summed E-state index contributed by atoms with van der Waals surface area (Å²) in [4.78, 5) is 12.5. The maximum atomic E-state index is 12.5. The van der Waals surface area contributed by atoms with Gasteiger partial charge >= 0.3 is 0 Å². The summed E-state index contributed by atoms with van der Waals surface area (Å²) in [7, 11) is 0. The fourth-order valence-electron chi connectivity index (χ4n) is 2.82. The minimum Gasteiger partial charge on any atom is -0.457 e. The van der Waals surface area contributed by atoms with E-state index in [1.807, 2.05) is 48.5 Å². The number of halogens is 1. The minimum atomic E-state index is -0.0518. The first-order valence-electron chi connectivity index (χ1n) is 8.09. The lowest BCUT2D eigenvalue weighted by molar-refractivity contribution is 0.0919. The quantitative estimate of drug-likeness (QED) is 0.886. The highest BCUT2D eigenvalue weighted by atomic mass is 35.5. The second-order valence-corrected chi connectivity index (χ2v) is 5.91. The molecule has 24 heavy (non-hydrogen) atoms. The molecule has 5 heteroatoms. The number of para-hydroxylation sites is 1. The van der Waals surface area contributed by atoms with Gasteiger partial charge in [-0.3, -0.25) is 4.79 Å². The van der Waals surface area contributed by atoms with E-state index in [0.29, 0.717) is 17.4 Å². The highest BCUT2D eigenvalue weighted by Gasteiger charge is 2.22. The van der Waals surface area contributed by atoms with Crippen LogP contribution in [0.4, 0.5) is 0 Å².